The van der Waals surface area contributed by atoms with Gasteiger partial charge in [-0.15, -0.1) is 0 Å². The first-order valence-corrected chi connectivity index (χ1v) is 11.1. The van der Waals surface area contributed by atoms with E-state index in [1.54, 1.807) is 0 Å². The minimum absolute atomic E-state index is 0.909. The Labute approximate surface area is 188 Å². The summed E-state index contributed by atoms with van der Waals surface area (Å²) in [5.41, 5.74) is 8.94. The molecule has 6 aromatic rings. The Hall–Kier alpha value is -4.10. The van der Waals surface area contributed by atoms with Crippen molar-refractivity contribution < 1.29 is 0 Å². The molecule has 1 heteroatoms. The molecule has 0 aliphatic rings. The van der Waals surface area contributed by atoms with Crippen LogP contribution in [0.2, 0.25) is 0 Å². The molecule has 0 radical (unpaired) electrons. The van der Waals surface area contributed by atoms with Gasteiger partial charge in [0.2, 0.25) is 0 Å². The molecule has 0 N–H and O–H groups in total. The molecule has 32 heavy (non-hydrogen) atoms. The second kappa shape index (κ2) is 7.86. The molecular weight excluding hydrogens is 386 g/mol. The summed E-state index contributed by atoms with van der Waals surface area (Å²) in [4.78, 5) is 0. The Bertz CT molecular complexity index is 1530. The van der Waals surface area contributed by atoms with Gasteiger partial charge >= 0.3 is 0 Å². The minimum atomic E-state index is 0.909. The highest BCUT2D eigenvalue weighted by molar-refractivity contribution is 6.09. The Kier molecular flexibility index (Phi) is 4.58. The van der Waals surface area contributed by atoms with Crippen molar-refractivity contribution in [2.75, 3.05) is 0 Å². The first-order valence-electron chi connectivity index (χ1n) is 11.1. The predicted octanol–water partition coefficient (Wildman–Crippen LogP) is 8.04. The van der Waals surface area contributed by atoms with Crippen LogP contribution in [0.5, 0.6) is 0 Å². The van der Waals surface area contributed by atoms with Crippen LogP contribution in [-0.2, 0) is 6.42 Å². The monoisotopic (exact) mass is 409 g/mol. The lowest BCUT2D eigenvalue weighted by atomic mass is 9.94. The lowest BCUT2D eigenvalue weighted by molar-refractivity contribution is 1.17. The average molecular weight is 410 g/mol. The quantitative estimate of drug-likeness (QED) is 0.278. The maximum absolute atomic E-state index is 2.37. The highest BCUT2D eigenvalue weighted by Crippen LogP contribution is 2.33. The average Bonchev–Trinajstić information content (AvgIpc) is 3.19. The van der Waals surface area contributed by atoms with E-state index in [2.05, 4.69) is 132 Å². The van der Waals surface area contributed by atoms with Crippen molar-refractivity contribution in [1.82, 2.24) is 4.57 Å². The van der Waals surface area contributed by atoms with Crippen LogP contribution in [0.25, 0.3) is 38.6 Å². The van der Waals surface area contributed by atoms with E-state index in [0.29, 0.717) is 0 Å². The summed E-state index contributed by atoms with van der Waals surface area (Å²) in [5, 5.41) is 2.60. The van der Waals surface area contributed by atoms with Gasteiger partial charge in [0, 0.05) is 16.5 Å². The standard InChI is InChI=1S/C31H23N/c1-3-11-24(12-4-1)27-16-8-7-13-25(27)21-23-19-20-31-29(22-23)28-17-9-10-18-30(28)32(31)26-14-5-2-6-15-26/h1-20,22H,21H2. The third kappa shape index (κ3) is 3.19. The smallest absolute Gasteiger partial charge is 0.0541 e. The van der Waals surface area contributed by atoms with Crippen molar-refractivity contribution in [3.63, 3.8) is 0 Å². The number of aromatic nitrogens is 1. The van der Waals surface area contributed by atoms with Gasteiger partial charge in [0.15, 0.2) is 0 Å². The summed E-state index contributed by atoms with van der Waals surface area (Å²) in [5.74, 6) is 0. The Morgan fingerprint density at radius 2 is 1.16 bits per heavy atom. The van der Waals surface area contributed by atoms with E-state index >= 15 is 0 Å². The van der Waals surface area contributed by atoms with E-state index in [4.69, 9.17) is 0 Å². The largest absolute Gasteiger partial charge is 0.309 e. The van der Waals surface area contributed by atoms with E-state index in [1.165, 1.54) is 49.7 Å². The Balaban J connectivity index is 1.49. The Morgan fingerprint density at radius 1 is 0.500 bits per heavy atom. The van der Waals surface area contributed by atoms with E-state index < -0.39 is 0 Å². The fourth-order valence-corrected chi connectivity index (χ4v) is 4.78. The lowest BCUT2D eigenvalue weighted by Gasteiger charge is -2.11. The zero-order valence-electron chi connectivity index (χ0n) is 17.8. The van der Waals surface area contributed by atoms with Gasteiger partial charge in [-0.1, -0.05) is 97.1 Å². The number of nitrogens with zero attached hydrogens (tertiary/aromatic N) is 1. The molecule has 0 spiro atoms. The number of fused-ring (bicyclic) bond motifs is 3. The summed E-state index contributed by atoms with van der Waals surface area (Å²) in [6.45, 7) is 0. The van der Waals surface area contributed by atoms with Crippen LogP contribution < -0.4 is 0 Å². The van der Waals surface area contributed by atoms with Crippen molar-refractivity contribution >= 4 is 21.8 Å². The second-order valence-corrected chi connectivity index (χ2v) is 8.24. The molecule has 152 valence electrons. The molecule has 0 aliphatic heterocycles. The van der Waals surface area contributed by atoms with Crippen molar-refractivity contribution in [3.8, 4) is 16.8 Å². The molecule has 1 nitrogen and oxygen atoms in total. The lowest BCUT2D eigenvalue weighted by Crippen LogP contribution is -1.94. The summed E-state index contributed by atoms with van der Waals surface area (Å²) in [7, 11) is 0. The molecular formula is C31H23N. The van der Waals surface area contributed by atoms with Gasteiger partial charge in [0.05, 0.1) is 11.0 Å². The van der Waals surface area contributed by atoms with Gasteiger partial charge in [-0.2, -0.15) is 0 Å². The fourth-order valence-electron chi connectivity index (χ4n) is 4.78. The van der Waals surface area contributed by atoms with Gasteiger partial charge in [0.1, 0.15) is 0 Å². The maximum atomic E-state index is 2.37. The van der Waals surface area contributed by atoms with E-state index in [-0.39, 0.29) is 0 Å². The summed E-state index contributed by atoms with van der Waals surface area (Å²) < 4.78 is 2.37. The molecule has 0 aliphatic carbocycles. The summed E-state index contributed by atoms with van der Waals surface area (Å²) >= 11 is 0. The van der Waals surface area contributed by atoms with Crippen LogP contribution in [0.3, 0.4) is 0 Å². The van der Waals surface area contributed by atoms with Gasteiger partial charge in [0.25, 0.3) is 0 Å². The van der Waals surface area contributed by atoms with Gasteiger partial charge in [-0.05, 0) is 59.0 Å². The zero-order valence-corrected chi connectivity index (χ0v) is 17.8. The molecule has 6 rings (SSSR count). The number of benzene rings is 5. The molecule has 0 atom stereocenters. The molecule has 0 saturated heterocycles. The van der Waals surface area contributed by atoms with Crippen molar-refractivity contribution in [3.05, 3.63) is 139 Å². The molecule has 0 amide bonds. The molecule has 0 saturated carbocycles. The minimum Gasteiger partial charge on any atom is -0.309 e. The van der Waals surface area contributed by atoms with Gasteiger partial charge < -0.3 is 4.57 Å². The first kappa shape index (κ1) is 18.7. The van der Waals surface area contributed by atoms with Crippen molar-refractivity contribution in [2.24, 2.45) is 0 Å². The van der Waals surface area contributed by atoms with E-state index in [0.717, 1.165) is 6.42 Å². The fraction of sp³-hybridized carbons (Fsp3) is 0.0323. The molecule has 5 aromatic carbocycles. The predicted molar refractivity (Wildman–Crippen MR) is 135 cm³/mol. The van der Waals surface area contributed by atoms with Crippen LogP contribution in [0, 0.1) is 0 Å². The third-order valence-electron chi connectivity index (χ3n) is 6.25. The molecule has 1 heterocycles. The van der Waals surface area contributed by atoms with Crippen LogP contribution >= 0.6 is 0 Å². The Morgan fingerprint density at radius 3 is 2.00 bits per heavy atom. The van der Waals surface area contributed by atoms with Crippen LogP contribution in [-0.4, -0.2) is 4.57 Å². The summed E-state index contributed by atoms with van der Waals surface area (Å²) in [6, 6.07) is 45.7. The highest BCUT2D eigenvalue weighted by atomic mass is 15.0. The van der Waals surface area contributed by atoms with Crippen molar-refractivity contribution in [2.45, 2.75) is 6.42 Å². The summed E-state index contributed by atoms with van der Waals surface area (Å²) in [6.07, 6.45) is 0.909. The number of rotatable bonds is 4. The van der Waals surface area contributed by atoms with Gasteiger partial charge in [-0.25, -0.2) is 0 Å². The molecule has 0 unspecified atom stereocenters. The second-order valence-electron chi connectivity index (χ2n) is 8.24. The van der Waals surface area contributed by atoms with Crippen LogP contribution in [0.15, 0.2) is 127 Å². The topological polar surface area (TPSA) is 4.93 Å². The number of hydrogen-bond donors (Lipinski definition) is 0. The van der Waals surface area contributed by atoms with Gasteiger partial charge in [-0.3, -0.25) is 0 Å². The van der Waals surface area contributed by atoms with Crippen LogP contribution in [0.1, 0.15) is 11.1 Å². The van der Waals surface area contributed by atoms with Crippen molar-refractivity contribution in [1.29, 1.82) is 0 Å². The van der Waals surface area contributed by atoms with Crippen LogP contribution in [0.4, 0.5) is 0 Å². The van der Waals surface area contributed by atoms with E-state index in [1.807, 2.05) is 0 Å². The SMILES string of the molecule is c1ccc(-c2ccccc2Cc2ccc3c(c2)c2ccccc2n3-c2ccccc2)cc1. The normalized spacial score (nSPS) is 11.2. The number of para-hydroxylation sites is 2. The number of hydrogen-bond acceptors (Lipinski definition) is 0. The van der Waals surface area contributed by atoms with E-state index in [9.17, 15) is 0 Å². The maximum Gasteiger partial charge on any atom is 0.0541 e. The molecule has 0 bridgehead atoms. The molecule has 1 aromatic heterocycles. The third-order valence-corrected chi connectivity index (χ3v) is 6.25. The highest BCUT2D eigenvalue weighted by Gasteiger charge is 2.13. The first-order chi connectivity index (χ1) is 15.9. The zero-order chi connectivity index (χ0) is 21.3. The molecule has 0 fully saturated rings.